The van der Waals surface area contributed by atoms with Gasteiger partial charge in [0.25, 0.3) is 0 Å². The van der Waals surface area contributed by atoms with Crippen LogP contribution in [0.5, 0.6) is 5.75 Å². The fraction of sp³-hybridized carbons (Fsp3) is 0.333. The third-order valence-electron chi connectivity index (χ3n) is 1.81. The molecule has 0 amide bonds. The number of rotatable bonds is 3. The summed E-state index contributed by atoms with van der Waals surface area (Å²) in [4.78, 5) is 14.3. The Morgan fingerprint density at radius 1 is 1.57 bits per heavy atom. The van der Waals surface area contributed by atoms with Gasteiger partial charge in [-0.15, -0.1) is 0 Å². The second-order valence-corrected chi connectivity index (χ2v) is 3.52. The van der Waals surface area contributed by atoms with Gasteiger partial charge >= 0.3 is 5.97 Å². The van der Waals surface area contributed by atoms with Crippen LogP contribution >= 0.6 is 11.6 Å². The molecule has 0 atom stereocenters. The number of aromatic carboxylic acids is 1. The predicted molar refractivity (Wildman–Crippen MR) is 49.9 cm³/mol. The van der Waals surface area contributed by atoms with E-state index in [1.54, 1.807) is 0 Å². The van der Waals surface area contributed by atoms with Crippen LogP contribution in [0.3, 0.4) is 0 Å². The quantitative estimate of drug-likeness (QED) is 0.780. The molecule has 0 bridgehead atoms. The maximum absolute atomic E-state index is 10.6. The van der Waals surface area contributed by atoms with Gasteiger partial charge in [0.15, 0.2) is 5.69 Å². The molecule has 1 heterocycles. The Labute approximate surface area is 85.5 Å². The fourth-order valence-electron chi connectivity index (χ4n) is 1.03. The molecule has 74 valence electrons. The monoisotopic (exact) mass is 213 g/mol. The minimum Gasteiger partial charge on any atom is -0.490 e. The van der Waals surface area contributed by atoms with Crippen LogP contribution < -0.4 is 4.74 Å². The number of pyridine rings is 1. The molecule has 4 nitrogen and oxygen atoms in total. The highest BCUT2D eigenvalue weighted by atomic mass is 35.5. The van der Waals surface area contributed by atoms with E-state index < -0.39 is 5.97 Å². The molecule has 0 unspecified atom stereocenters. The van der Waals surface area contributed by atoms with Crippen molar-refractivity contribution < 1.29 is 14.6 Å². The van der Waals surface area contributed by atoms with E-state index >= 15 is 0 Å². The second kappa shape index (κ2) is 3.46. The smallest absolute Gasteiger partial charge is 0.354 e. The van der Waals surface area contributed by atoms with E-state index in [-0.39, 0.29) is 17.0 Å². The van der Waals surface area contributed by atoms with Crippen LogP contribution in [0, 0.1) is 0 Å². The number of hydrogen-bond donors (Lipinski definition) is 1. The minimum absolute atomic E-state index is 0.0897. The number of halogens is 1. The van der Waals surface area contributed by atoms with Gasteiger partial charge in [-0.2, -0.15) is 0 Å². The van der Waals surface area contributed by atoms with Gasteiger partial charge in [-0.05, 0) is 12.8 Å². The van der Waals surface area contributed by atoms with E-state index in [2.05, 4.69) is 4.98 Å². The highest BCUT2D eigenvalue weighted by Gasteiger charge is 2.24. The van der Waals surface area contributed by atoms with Crippen molar-refractivity contribution in [3.05, 3.63) is 23.0 Å². The van der Waals surface area contributed by atoms with Gasteiger partial charge in [0.1, 0.15) is 10.9 Å². The number of hydrogen-bond acceptors (Lipinski definition) is 3. The lowest BCUT2D eigenvalue weighted by atomic mass is 10.3. The maximum atomic E-state index is 10.6. The van der Waals surface area contributed by atoms with Gasteiger partial charge in [-0.1, -0.05) is 11.6 Å². The van der Waals surface area contributed by atoms with Crippen LogP contribution in [-0.4, -0.2) is 22.2 Å². The van der Waals surface area contributed by atoms with E-state index in [1.165, 1.54) is 12.1 Å². The summed E-state index contributed by atoms with van der Waals surface area (Å²) in [5.74, 6) is -0.627. The summed E-state index contributed by atoms with van der Waals surface area (Å²) in [6, 6.07) is 2.90. The molecular formula is C9H8ClNO3. The molecule has 1 saturated carbocycles. The average Bonchev–Trinajstić information content (AvgIpc) is 2.87. The van der Waals surface area contributed by atoms with E-state index in [0.717, 1.165) is 12.8 Å². The first-order valence-electron chi connectivity index (χ1n) is 4.22. The van der Waals surface area contributed by atoms with Crippen molar-refractivity contribution in [2.75, 3.05) is 0 Å². The summed E-state index contributed by atoms with van der Waals surface area (Å²) in [6.07, 6.45) is 2.25. The zero-order valence-electron chi connectivity index (χ0n) is 7.24. The molecule has 1 aliphatic carbocycles. The fourth-order valence-corrected chi connectivity index (χ4v) is 1.23. The Morgan fingerprint density at radius 3 is 2.86 bits per heavy atom. The van der Waals surface area contributed by atoms with Gasteiger partial charge in [0, 0.05) is 12.1 Å². The van der Waals surface area contributed by atoms with Gasteiger partial charge in [-0.3, -0.25) is 0 Å². The number of ether oxygens (including phenoxy) is 1. The summed E-state index contributed by atoms with van der Waals surface area (Å²) < 4.78 is 5.41. The normalized spacial score (nSPS) is 15.2. The summed E-state index contributed by atoms with van der Waals surface area (Å²) in [7, 11) is 0. The molecule has 2 rings (SSSR count). The topological polar surface area (TPSA) is 59.4 Å². The van der Waals surface area contributed by atoms with Crippen molar-refractivity contribution in [2.45, 2.75) is 18.9 Å². The summed E-state index contributed by atoms with van der Waals surface area (Å²) in [5, 5.41) is 8.85. The standard InChI is InChI=1S/C9H8ClNO3/c10-8-4-6(14-5-1-2-5)3-7(11-8)9(12)13/h3-5H,1-2H2,(H,12,13). The Kier molecular flexibility index (Phi) is 2.29. The highest BCUT2D eigenvalue weighted by molar-refractivity contribution is 6.29. The van der Waals surface area contributed by atoms with Crippen molar-refractivity contribution in [1.82, 2.24) is 4.98 Å². The number of nitrogens with zero attached hydrogens (tertiary/aromatic N) is 1. The Hall–Kier alpha value is -1.29. The number of carboxylic acid groups (broad SMARTS) is 1. The molecule has 0 aromatic carbocycles. The number of carboxylic acids is 1. The molecule has 0 radical (unpaired) electrons. The van der Waals surface area contributed by atoms with E-state index in [9.17, 15) is 4.79 Å². The van der Waals surface area contributed by atoms with Crippen molar-refractivity contribution in [3.63, 3.8) is 0 Å². The molecule has 1 fully saturated rings. The van der Waals surface area contributed by atoms with Crippen LogP contribution in [0.4, 0.5) is 0 Å². The van der Waals surface area contributed by atoms with E-state index in [1.807, 2.05) is 0 Å². The molecule has 1 aliphatic rings. The molecule has 0 aliphatic heterocycles. The zero-order valence-corrected chi connectivity index (χ0v) is 7.99. The zero-order chi connectivity index (χ0) is 10.1. The van der Waals surface area contributed by atoms with Gasteiger partial charge in [0.2, 0.25) is 0 Å². The lowest BCUT2D eigenvalue weighted by Gasteiger charge is -2.04. The minimum atomic E-state index is -1.10. The van der Waals surface area contributed by atoms with Crippen molar-refractivity contribution in [1.29, 1.82) is 0 Å². The molecule has 1 N–H and O–H groups in total. The first-order valence-corrected chi connectivity index (χ1v) is 4.60. The maximum Gasteiger partial charge on any atom is 0.354 e. The number of aromatic nitrogens is 1. The van der Waals surface area contributed by atoms with E-state index in [4.69, 9.17) is 21.4 Å². The van der Waals surface area contributed by atoms with Crippen molar-refractivity contribution in [2.24, 2.45) is 0 Å². The summed E-state index contributed by atoms with van der Waals surface area (Å²) in [5.41, 5.74) is -0.0897. The van der Waals surface area contributed by atoms with Gasteiger partial charge < -0.3 is 9.84 Å². The van der Waals surface area contributed by atoms with Gasteiger partial charge in [-0.25, -0.2) is 9.78 Å². The van der Waals surface area contributed by atoms with E-state index in [0.29, 0.717) is 5.75 Å². The van der Waals surface area contributed by atoms with Crippen molar-refractivity contribution in [3.8, 4) is 5.75 Å². The lowest BCUT2D eigenvalue weighted by Crippen LogP contribution is -2.03. The van der Waals surface area contributed by atoms with Crippen LogP contribution in [0.15, 0.2) is 12.1 Å². The average molecular weight is 214 g/mol. The second-order valence-electron chi connectivity index (χ2n) is 3.13. The molecule has 5 heteroatoms. The van der Waals surface area contributed by atoms with Crippen molar-refractivity contribution >= 4 is 17.6 Å². The van der Waals surface area contributed by atoms with Gasteiger partial charge in [0.05, 0.1) is 6.10 Å². The van der Waals surface area contributed by atoms with Crippen LogP contribution in [-0.2, 0) is 0 Å². The molecular weight excluding hydrogens is 206 g/mol. The largest absolute Gasteiger partial charge is 0.490 e. The SMILES string of the molecule is O=C(O)c1cc(OC2CC2)cc(Cl)n1. The third kappa shape index (κ3) is 2.14. The third-order valence-corrected chi connectivity index (χ3v) is 2.01. The Balaban J connectivity index is 2.25. The predicted octanol–water partition coefficient (Wildman–Crippen LogP) is 1.97. The lowest BCUT2D eigenvalue weighted by molar-refractivity contribution is 0.0690. The highest BCUT2D eigenvalue weighted by Crippen LogP contribution is 2.28. The van der Waals surface area contributed by atoms with Crippen LogP contribution in [0.1, 0.15) is 23.3 Å². The molecule has 0 spiro atoms. The Bertz CT molecular complexity index is 376. The first-order chi connectivity index (χ1) is 6.65. The molecule has 0 saturated heterocycles. The summed E-state index contributed by atoms with van der Waals surface area (Å²) in [6.45, 7) is 0. The molecule has 14 heavy (non-hydrogen) atoms. The summed E-state index contributed by atoms with van der Waals surface area (Å²) >= 11 is 5.64. The molecule has 1 aromatic heterocycles. The Morgan fingerprint density at radius 2 is 2.29 bits per heavy atom. The van der Waals surface area contributed by atoms with Crippen LogP contribution in [0.2, 0.25) is 5.15 Å². The number of carbonyl (C=O) groups is 1. The molecule has 1 aromatic rings. The first kappa shape index (κ1) is 9.27. The van der Waals surface area contributed by atoms with Crippen LogP contribution in [0.25, 0.3) is 0 Å².